The molecule has 3 heterocycles. The number of nitrogens with one attached hydrogen (secondary N) is 1. The van der Waals surface area contributed by atoms with Gasteiger partial charge in [-0.15, -0.1) is 0 Å². The average molecular weight is 482 g/mol. The van der Waals surface area contributed by atoms with Gasteiger partial charge in [0.2, 0.25) is 5.96 Å². The molecule has 0 fully saturated rings. The SMILES string of the molecule is CCN1C(=O)C(c2ccc(-c3cncc(C)n3)cc2Cl)=CC2C=NC(=NCCOCCN)NC21. The molecule has 1 aromatic carbocycles. The van der Waals surface area contributed by atoms with E-state index in [2.05, 4.69) is 25.3 Å². The minimum Gasteiger partial charge on any atom is -0.378 e. The number of benzene rings is 1. The molecule has 0 aliphatic carbocycles. The molecule has 34 heavy (non-hydrogen) atoms. The Morgan fingerprint density at radius 3 is 2.88 bits per heavy atom. The van der Waals surface area contributed by atoms with Gasteiger partial charge >= 0.3 is 0 Å². The Morgan fingerprint density at radius 1 is 1.29 bits per heavy atom. The Kier molecular flexibility index (Phi) is 7.66. The van der Waals surface area contributed by atoms with Gasteiger partial charge in [0.25, 0.3) is 5.91 Å². The lowest BCUT2D eigenvalue weighted by Gasteiger charge is -2.40. The molecule has 1 aromatic heterocycles. The standard InChI is InChI=1S/C24H28ClN7O2/c1-3-32-22-17(13-29-24(31-22)28-7-9-34-8-6-26)10-19(23(32)33)18-5-4-16(11-20(18)25)21-14-27-12-15(2)30-21/h4-5,10-14,17,22H,3,6-9,26H2,1-2H3,(H,28,31). The zero-order valence-electron chi connectivity index (χ0n) is 19.2. The van der Waals surface area contributed by atoms with Crippen molar-refractivity contribution in [3.8, 4) is 11.3 Å². The molecule has 0 radical (unpaired) electrons. The topological polar surface area (TPSA) is 118 Å². The van der Waals surface area contributed by atoms with Crippen LogP contribution in [0.15, 0.2) is 46.7 Å². The van der Waals surface area contributed by atoms with Crippen LogP contribution in [0.25, 0.3) is 16.8 Å². The summed E-state index contributed by atoms with van der Waals surface area (Å²) in [7, 11) is 0. The van der Waals surface area contributed by atoms with Crippen molar-refractivity contribution in [2.75, 3.05) is 32.8 Å². The quantitative estimate of drug-likeness (QED) is 0.558. The predicted molar refractivity (Wildman–Crippen MR) is 134 cm³/mol. The molecule has 2 atom stereocenters. The summed E-state index contributed by atoms with van der Waals surface area (Å²) < 4.78 is 5.35. The smallest absolute Gasteiger partial charge is 0.255 e. The van der Waals surface area contributed by atoms with Crippen molar-refractivity contribution in [3.05, 3.63) is 52.9 Å². The van der Waals surface area contributed by atoms with Crippen LogP contribution in [0.4, 0.5) is 0 Å². The largest absolute Gasteiger partial charge is 0.378 e. The number of nitrogens with two attached hydrogens (primary N) is 1. The fraction of sp³-hybridized carbons (Fsp3) is 0.375. The first-order valence-electron chi connectivity index (χ1n) is 11.3. The highest BCUT2D eigenvalue weighted by molar-refractivity contribution is 6.35. The number of fused-ring (bicyclic) bond motifs is 1. The monoisotopic (exact) mass is 481 g/mol. The zero-order valence-corrected chi connectivity index (χ0v) is 20.0. The van der Waals surface area contributed by atoms with Crippen molar-refractivity contribution in [1.29, 1.82) is 0 Å². The molecule has 178 valence electrons. The van der Waals surface area contributed by atoms with Crippen molar-refractivity contribution in [2.24, 2.45) is 21.6 Å². The van der Waals surface area contributed by atoms with Crippen LogP contribution in [0.1, 0.15) is 18.2 Å². The second-order valence-electron chi connectivity index (χ2n) is 7.96. The van der Waals surface area contributed by atoms with Crippen LogP contribution < -0.4 is 11.1 Å². The number of rotatable bonds is 8. The summed E-state index contributed by atoms with van der Waals surface area (Å²) in [4.78, 5) is 32.8. The van der Waals surface area contributed by atoms with Crippen LogP contribution in [0.3, 0.4) is 0 Å². The molecule has 2 aliphatic rings. The third-order valence-corrected chi connectivity index (χ3v) is 5.92. The number of amides is 1. The number of hydrogen-bond acceptors (Lipinski definition) is 6. The van der Waals surface area contributed by atoms with Crippen molar-refractivity contribution < 1.29 is 9.53 Å². The van der Waals surface area contributed by atoms with E-state index < -0.39 is 0 Å². The predicted octanol–water partition coefficient (Wildman–Crippen LogP) is 2.30. The van der Waals surface area contributed by atoms with E-state index in [1.807, 2.05) is 44.3 Å². The molecule has 1 amide bonds. The molecule has 4 rings (SSSR count). The lowest BCUT2D eigenvalue weighted by Crippen LogP contribution is -2.58. The summed E-state index contributed by atoms with van der Waals surface area (Å²) in [5.74, 6) is 0.281. The zero-order chi connectivity index (χ0) is 24.1. The summed E-state index contributed by atoms with van der Waals surface area (Å²) in [6.07, 6.45) is 6.88. The van der Waals surface area contributed by atoms with Crippen molar-refractivity contribution in [2.45, 2.75) is 20.0 Å². The summed E-state index contributed by atoms with van der Waals surface area (Å²) in [6, 6.07) is 5.59. The van der Waals surface area contributed by atoms with Crippen molar-refractivity contribution in [1.82, 2.24) is 20.2 Å². The second-order valence-corrected chi connectivity index (χ2v) is 8.37. The first-order chi connectivity index (χ1) is 16.5. The number of aliphatic imine (C=N–C) groups is 2. The molecular formula is C24H28ClN7O2. The average Bonchev–Trinajstić information content (AvgIpc) is 2.84. The highest BCUT2D eigenvalue weighted by Gasteiger charge is 2.38. The van der Waals surface area contributed by atoms with Gasteiger partial charge in [-0.1, -0.05) is 29.8 Å². The minimum absolute atomic E-state index is 0.0952. The van der Waals surface area contributed by atoms with Crippen LogP contribution in [0, 0.1) is 12.8 Å². The van der Waals surface area contributed by atoms with Crippen LogP contribution >= 0.6 is 11.6 Å². The number of guanidine groups is 1. The van der Waals surface area contributed by atoms with Gasteiger partial charge in [0.05, 0.1) is 43.3 Å². The van der Waals surface area contributed by atoms with Crippen LogP contribution in [0.5, 0.6) is 0 Å². The Hall–Kier alpha value is -3.14. The van der Waals surface area contributed by atoms with E-state index >= 15 is 0 Å². The fourth-order valence-electron chi connectivity index (χ4n) is 4.00. The number of aryl methyl sites for hydroxylation is 1. The highest BCUT2D eigenvalue weighted by atomic mass is 35.5. The van der Waals surface area contributed by atoms with Crippen molar-refractivity contribution in [3.63, 3.8) is 0 Å². The number of halogens is 1. The maximum atomic E-state index is 13.4. The molecule has 2 unspecified atom stereocenters. The van der Waals surface area contributed by atoms with Gasteiger partial charge in [-0.3, -0.25) is 9.78 Å². The molecule has 10 heteroatoms. The molecule has 0 spiro atoms. The van der Waals surface area contributed by atoms with Gasteiger partial charge in [-0.2, -0.15) is 0 Å². The number of ether oxygens (including phenoxy) is 1. The Balaban J connectivity index is 1.59. The number of likely N-dealkylation sites (N-methyl/N-ethyl adjacent to an activating group) is 1. The Morgan fingerprint density at radius 2 is 2.15 bits per heavy atom. The molecule has 2 aromatic rings. The van der Waals surface area contributed by atoms with Gasteiger partial charge in [0, 0.05) is 47.2 Å². The van der Waals surface area contributed by atoms with Gasteiger partial charge in [-0.25, -0.2) is 15.0 Å². The molecule has 3 N–H and O–H groups in total. The summed E-state index contributed by atoms with van der Waals surface area (Å²) in [5, 5.41) is 3.77. The van der Waals surface area contributed by atoms with E-state index in [1.54, 1.807) is 17.3 Å². The third kappa shape index (κ3) is 5.16. The van der Waals surface area contributed by atoms with Gasteiger partial charge in [0.15, 0.2) is 0 Å². The lowest BCUT2D eigenvalue weighted by molar-refractivity contribution is -0.128. The third-order valence-electron chi connectivity index (χ3n) is 5.61. The molecule has 9 nitrogen and oxygen atoms in total. The van der Waals surface area contributed by atoms with Gasteiger partial charge < -0.3 is 20.7 Å². The maximum Gasteiger partial charge on any atom is 0.255 e. The number of hydrogen-bond donors (Lipinski definition) is 2. The molecule has 0 bridgehead atoms. The van der Waals surface area contributed by atoms with E-state index in [1.165, 1.54) is 0 Å². The van der Waals surface area contributed by atoms with Gasteiger partial charge in [-0.05, 0) is 19.9 Å². The number of nitrogens with zero attached hydrogens (tertiary/aromatic N) is 5. The number of carbonyl (C=O) groups excluding carboxylic acids is 1. The minimum atomic E-state index is -0.261. The Bertz CT molecular complexity index is 1150. The van der Waals surface area contributed by atoms with Crippen LogP contribution in [0.2, 0.25) is 5.02 Å². The van der Waals surface area contributed by atoms with Crippen molar-refractivity contribution >= 4 is 35.3 Å². The highest BCUT2D eigenvalue weighted by Crippen LogP contribution is 2.34. The second kappa shape index (κ2) is 10.9. The van der Waals surface area contributed by atoms with E-state index in [9.17, 15) is 4.79 Å². The lowest BCUT2D eigenvalue weighted by atomic mass is 9.91. The first kappa shape index (κ1) is 24.0. The molecule has 0 saturated heterocycles. The van der Waals surface area contributed by atoms with E-state index in [-0.39, 0.29) is 18.0 Å². The number of aromatic nitrogens is 2. The Labute approximate surface area is 203 Å². The van der Waals surface area contributed by atoms with E-state index in [0.29, 0.717) is 55.0 Å². The maximum absolute atomic E-state index is 13.4. The van der Waals surface area contributed by atoms with E-state index in [0.717, 1.165) is 17.0 Å². The molecule has 0 saturated carbocycles. The molecular weight excluding hydrogens is 454 g/mol. The fourth-order valence-corrected chi connectivity index (χ4v) is 4.28. The number of carbonyl (C=O) groups is 1. The van der Waals surface area contributed by atoms with Gasteiger partial charge in [0.1, 0.15) is 6.17 Å². The summed E-state index contributed by atoms with van der Waals surface area (Å²) >= 11 is 6.65. The van der Waals surface area contributed by atoms with Crippen LogP contribution in [-0.4, -0.2) is 72.0 Å². The normalized spacial score (nSPS) is 20.8. The molecule has 2 aliphatic heterocycles. The van der Waals surface area contributed by atoms with Crippen LogP contribution in [-0.2, 0) is 9.53 Å². The first-order valence-corrected chi connectivity index (χ1v) is 11.6. The summed E-state index contributed by atoms with van der Waals surface area (Å²) in [6.45, 7) is 6.27. The van der Waals surface area contributed by atoms with E-state index in [4.69, 9.17) is 22.1 Å². The summed E-state index contributed by atoms with van der Waals surface area (Å²) in [5.41, 5.74) is 9.05.